The zero-order valence-electron chi connectivity index (χ0n) is 12.8. The largest absolute Gasteiger partial charge is 0.472 e. The molecule has 6 heteroatoms. The van der Waals surface area contributed by atoms with Crippen LogP contribution >= 0.6 is 0 Å². The normalized spacial score (nSPS) is 25.7. The first-order valence-corrected chi connectivity index (χ1v) is 7.90. The molecule has 22 heavy (non-hydrogen) atoms. The molecule has 0 aromatic carbocycles. The van der Waals surface area contributed by atoms with Crippen LogP contribution in [0.15, 0.2) is 23.0 Å². The molecule has 2 saturated heterocycles. The summed E-state index contributed by atoms with van der Waals surface area (Å²) < 4.78 is 5.00. The lowest BCUT2D eigenvalue weighted by molar-refractivity contribution is -0.118. The van der Waals surface area contributed by atoms with E-state index in [0.29, 0.717) is 12.0 Å². The Hall–Kier alpha value is -1.82. The predicted octanol–water partition coefficient (Wildman–Crippen LogP) is 1.08. The van der Waals surface area contributed by atoms with E-state index < -0.39 is 0 Å². The fourth-order valence-corrected chi connectivity index (χ4v) is 3.78. The van der Waals surface area contributed by atoms with E-state index in [4.69, 9.17) is 10.2 Å². The van der Waals surface area contributed by atoms with Crippen molar-refractivity contribution >= 4 is 11.8 Å². The third kappa shape index (κ3) is 3.16. The molecular weight excluding hydrogens is 282 g/mol. The zero-order valence-corrected chi connectivity index (χ0v) is 12.8. The van der Waals surface area contributed by atoms with Crippen molar-refractivity contribution in [2.75, 3.05) is 32.7 Å². The Morgan fingerprint density at radius 3 is 2.86 bits per heavy atom. The van der Waals surface area contributed by atoms with E-state index in [1.807, 2.05) is 4.90 Å². The Labute approximate surface area is 130 Å². The molecule has 3 heterocycles. The average Bonchev–Trinajstić information content (AvgIpc) is 3.15. The molecule has 3 rings (SSSR count). The summed E-state index contributed by atoms with van der Waals surface area (Å²) in [5.41, 5.74) is 6.04. The highest BCUT2D eigenvalue weighted by Gasteiger charge is 2.42. The topological polar surface area (TPSA) is 79.8 Å². The van der Waals surface area contributed by atoms with Gasteiger partial charge in [-0.25, -0.2) is 0 Å². The number of primary amides is 1. The lowest BCUT2D eigenvalue weighted by Crippen LogP contribution is -2.46. The Bertz CT molecular complexity index is 543. The number of carbonyl (C=O) groups is 2. The second-order valence-corrected chi connectivity index (χ2v) is 6.58. The molecule has 2 fully saturated rings. The van der Waals surface area contributed by atoms with Gasteiger partial charge in [0.1, 0.15) is 6.26 Å². The minimum absolute atomic E-state index is 0.0554. The highest BCUT2D eigenvalue weighted by atomic mass is 16.3. The molecule has 1 aromatic rings. The van der Waals surface area contributed by atoms with Crippen LogP contribution in [0.5, 0.6) is 0 Å². The van der Waals surface area contributed by atoms with Gasteiger partial charge < -0.3 is 20.0 Å². The van der Waals surface area contributed by atoms with E-state index in [0.717, 1.165) is 52.0 Å². The number of piperidine rings is 1. The number of nitrogens with zero attached hydrogens (tertiary/aromatic N) is 2. The molecule has 0 saturated carbocycles. The number of likely N-dealkylation sites (tertiary alicyclic amines) is 2. The number of hydrogen-bond acceptors (Lipinski definition) is 4. The van der Waals surface area contributed by atoms with Crippen molar-refractivity contribution in [1.29, 1.82) is 0 Å². The van der Waals surface area contributed by atoms with Crippen molar-refractivity contribution in [2.45, 2.75) is 25.7 Å². The van der Waals surface area contributed by atoms with Crippen LogP contribution in [-0.2, 0) is 4.79 Å². The quantitative estimate of drug-likeness (QED) is 0.903. The smallest absolute Gasteiger partial charge is 0.257 e. The van der Waals surface area contributed by atoms with E-state index in [-0.39, 0.29) is 17.2 Å². The summed E-state index contributed by atoms with van der Waals surface area (Å²) >= 11 is 0. The van der Waals surface area contributed by atoms with Gasteiger partial charge in [-0.05, 0) is 31.9 Å². The van der Waals surface area contributed by atoms with Gasteiger partial charge in [-0.2, -0.15) is 0 Å². The van der Waals surface area contributed by atoms with Gasteiger partial charge in [-0.3, -0.25) is 9.59 Å². The van der Waals surface area contributed by atoms with Gasteiger partial charge in [-0.1, -0.05) is 0 Å². The van der Waals surface area contributed by atoms with Crippen LogP contribution in [0, 0.1) is 5.41 Å². The number of hydrogen-bond donors (Lipinski definition) is 1. The summed E-state index contributed by atoms with van der Waals surface area (Å²) in [7, 11) is 0. The van der Waals surface area contributed by atoms with E-state index in [1.54, 1.807) is 6.07 Å². The molecule has 2 aliphatic heterocycles. The Balaban J connectivity index is 1.60. The number of furan rings is 1. The fraction of sp³-hybridized carbons (Fsp3) is 0.625. The van der Waals surface area contributed by atoms with Gasteiger partial charge in [-0.15, -0.1) is 0 Å². The lowest BCUT2D eigenvalue weighted by Gasteiger charge is -2.40. The van der Waals surface area contributed by atoms with Gasteiger partial charge in [0.2, 0.25) is 5.91 Å². The Kier molecular flexibility index (Phi) is 4.20. The third-order valence-corrected chi connectivity index (χ3v) is 4.91. The summed E-state index contributed by atoms with van der Waals surface area (Å²) in [4.78, 5) is 27.6. The van der Waals surface area contributed by atoms with Crippen LogP contribution in [0.3, 0.4) is 0 Å². The van der Waals surface area contributed by atoms with Crippen molar-refractivity contribution in [2.24, 2.45) is 11.1 Å². The summed E-state index contributed by atoms with van der Waals surface area (Å²) in [6.07, 6.45) is 6.75. The zero-order chi connectivity index (χ0) is 15.6. The highest BCUT2D eigenvalue weighted by molar-refractivity contribution is 5.94. The van der Waals surface area contributed by atoms with Gasteiger partial charge in [0.25, 0.3) is 5.91 Å². The second-order valence-electron chi connectivity index (χ2n) is 6.58. The molecule has 1 aromatic heterocycles. The number of nitrogens with two attached hydrogens (primary N) is 1. The fourth-order valence-electron chi connectivity index (χ4n) is 3.78. The Morgan fingerprint density at radius 1 is 1.27 bits per heavy atom. The monoisotopic (exact) mass is 305 g/mol. The summed E-state index contributed by atoms with van der Waals surface area (Å²) in [6, 6.07) is 1.72. The molecule has 0 radical (unpaired) electrons. The molecule has 120 valence electrons. The summed E-state index contributed by atoms with van der Waals surface area (Å²) in [6.45, 7) is 4.30. The lowest BCUT2D eigenvalue weighted by atomic mass is 9.79. The second kappa shape index (κ2) is 6.12. The van der Waals surface area contributed by atoms with E-state index in [9.17, 15) is 9.59 Å². The Morgan fingerprint density at radius 2 is 2.14 bits per heavy atom. The molecule has 0 bridgehead atoms. The first kappa shape index (κ1) is 15.1. The molecule has 0 aliphatic carbocycles. The first-order chi connectivity index (χ1) is 10.6. The van der Waals surface area contributed by atoms with Gasteiger partial charge in [0.05, 0.1) is 11.8 Å². The average molecular weight is 305 g/mol. The van der Waals surface area contributed by atoms with Gasteiger partial charge in [0, 0.05) is 38.0 Å². The molecule has 2 N–H and O–H groups in total. The molecule has 6 nitrogen and oxygen atoms in total. The van der Waals surface area contributed by atoms with Crippen molar-refractivity contribution in [1.82, 2.24) is 9.80 Å². The van der Waals surface area contributed by atoms with Crippen molar-refractivity contribution in [3.8, 4) is 0 Å². The van der Waals surface area contributed by atoms with Crippen LogP contribution < -0.4 is 5.73 Å². The summed E-state index contributed by atoms with van der Waals surface area (Å²) in [5.74, 6) is -0.192. The highest BCUT2D eigenvalue weighted by Crippen LogP contribution is 2.39. The van der Waals surface area contributed by atoms with Crippen LogP contribution in [0.4, 0.5) is 0 Å². The maximum absolute atomic E-state index is 12.4. The van der Waals surface area contributed by atoms with Crippen LogP contribution in [0.25, 0.3) is 0 Å². The van der Waals surface area contributed by atoms with Crippen molar-refractivity contribution in [3.63, 3.8) is 0 Å². The van der Waals surface area contributed by atoms with E-state index >= 15 is 0 Å². The molecule has 1 unspecified atom stereocenters. The first-order valence-electron chi connectivity index (χ1n) is 7.90. The van der Waals surface area contributed by atoms with Crippen molar-refractivity contribution in [3.05, 3.63) is 24.2 Å². The molecule has 1 atom stereocenters. The maximum atomic E-state index is 12.4. The van der Waals surface area contributed by atoms with Gasteiger partial charge in [0.15, 0.2) is 0 Å². The minimum atomic E-state index is -0.247. The maximum Gasteiger partial charge on any atom is 0.257 e. The molecule has 2 aliphatic rings. The summed E-state index contributed by atoms with van der Waals surface area (Å²) in [5, 5.41) is 0. The third-order valence-electron chi connectivity index (χ3n) is 4.91. The molecule has 2 amide bonds. The SMILES string of the molecule is NC(=O)CCN1CCCC2(CCN(C(=O)c3ccoc3)C2)C1. The molecular formula is C16H23N3O3. The van der Waals surface area contributed by atoms with Crippen LogP contribution in [-0.4, -0.2) is 54.3 Å². The van der Waals surface area contributed by atoms with Gasteiger partial charge >= 0.3 is 0 Å². The standard InChI is InChI=1S/C16H23N3O3/c17-14(20)2-7-18-6-1-4-16(11-18)5-8-19(12-16)15(21)13-3-9-22-10-13/h3,9-10H,1-2,4-8,11-12H2,(H2,17,20). The minimum Gasteiger partial charge on any atom is -0.472 e. The van der Waals surface area contributed by atoms with Crippen LogP contribution in [0.1, 0.15) is 36.0 Å². The molecule has 1 spiro atoms. The van der Waals surface area contributed by atoms with Crippen LogP contribution in [0.2, 0.25) is 0 Å². The van der Waals surface area contributed by atoms with E-state index in [2.05, 4.69) is 4.90 Å². The predicted molar refractivity (Wildman–Crippen MR) is 81.1 cm³/mol. The van der Waals surface area contributed by atoms with Crippen molar-refractivity contribution < 1.29 is 14.0 Å². The number of rotatable bonds is 4. The number of amides is 2. The van der Waals surface area contributed by atoms with E-state index in [1.165, 1.54) is 12.5 Å². The number of carbonyl (C=O) groups excluding carboxylic acids is 2.